The number of carbonyl (C=O) groups is 2. The van der Waals surface area contributed by atoms with Crippen molar-refractivity contribution in [2.75, 3.05) is 19.0 Å². The Morgan fingerprint density at radius 3 is 2.75 bits per heavy atom. The van der Waals surface area contributed by atoms with E-state index in [1.165, 1.54) is 19.2 Å². The number of carbonyl (C=O) groups excluding carboxylic acids is 2. The summed E-state index contributed by atoms with van der Waals surface area (Å²) in [6.07, 6.45) is 5.73. The summed E-state index contributed by atoms with van der Waals surface area (Å²) < 4.78 is 43.6. The van der Waals surface area contributed by atoms with Crippen LogP contribution in [0.4, 0.5) is 19.0 Å². The van der Waals surface area contributed by atoms with Crippen molar-refractivity contribution in [3.8, 4) is 0 Å². The van der Waals surface area contributed by atoms with Crippen molar-refractivity contribution in [3.05, 3.63) is 65.6 Å². The van der Waals surface area contributed by atoms with Crippen LogP contribution in [0.3, 0.4) is 0 Å². The van der Waals surface area contributed by atoms with Gasteiger partial charge in [0.15, 0.2) is 11.5 Å². The van der Waals surface area contributed by atoms with Crippen LogP contribution in [0.25, 0.3) is 0 Å². The Morgan fingerprint density at radius 1 is 1.20 bits per heavy atom. The maximum Gasteiger partial charge on any atom is 0.573 e. The summed E-state index contributed by atoms with van der Waals surface area (Å²) in [7, 11) is 1.53. The van der Waals surface area contributed by atoms with Gasteiger partial charge in [0.25, 0.3) is 5.91 Å². The van der Waals surface area contributed by atoms with Gasteiger partial charge < -0.3 is 25.6 Å². The third-order valence-electron chi connectivity index (χ3n) is 6.35. The lowest BCUT2D eigenvalue weighted by Crippen LogP contribution is -2.43. The van der Waals surface area contributed by atoms with E-state index in [1.807, 2.05) is 4.90 Å². The number of nitrogens with one attached hydrogen (secondary N) is 3. The van der Waals surface area contributed by atoms with Gasteiger partial charge in [0.2, 0.25) is 5.91 Å². The molecule has 0 bridgehead atoms. The molecule has 1 aliphatic carbocycles. The van der Waals surface area contributed by atoms with Gasteiger partial charge in [0.1, 0.15) is 5.76 Å². The number of unbranched alkanes of at least 4 members (excludes halogenated alkanes) is 1. The zero-order valence-corrected chi connectivity index (χ0v) is 22.0. The highest BCUT2D eigenvalue weighted by Gasteiger charge is 2.36. The summed E-state index contributed by atoms with van der Waals surface area (Å²) in [6, 6.07) is 3.47. The van der Waals surface area contributed by atoms with Crippen LogP contribution >= 0.6 is 0 Å². The average molecular weight is 562 g/mol. The summed E-state index contributed by atoms with van der Waals surface area (Å²) in [6.45, 7) is 2.75. The first kappa shape index (κ1) is 28.6. The highest BCUT2D eigenvalue weighted by atomic mass is 19.4. The Kier molecular flexibility index (Phi) is 8.70. The molecule has 0 saturated carbocycles. The van der Waals surface area contributed by atoms with E-state index in [-0.39, 0.29) is 29.7 Å². The molecule has 0 fully saturated rings. The van der Waals surface area contributed by atoms with Crippen molar-refractivity contribution in [3.63, 3.8) is 0 Å². The molecule has 2 aromatic rings. The first-order valence-electron chi connectivity index (χ1n) is 12.6. The van der Waals surface area contributed by atoms with Gasteiger partial charge in [-0.3, -0.25) is 14.3 Å². The van der Waals surface area contributed by atoms with Gasteiger partial charge in [0.05, 0.1) is 30.5 Å². The second kappa shape index (κ2) is 12.2. The summed E-state index contributed by atoms with van der Waals surface area (Å²) in [4.78, 5) is 25.9. The van der Waals surface area contributed by atoms with Crippen LogP contribution in [0.2, 0.25) is 0 Å². The predicted octanol–water partition coefficient (Wildman–Crippen LogP) is 2.62. The Bertz CT molecular complexity index is 1300. The number of rotatable bonds is 11. The zero-order valence-electron chi connectivity index (χ0n) is 22.0. The van der Waals surface area contributed by atoms with Gasteiger partial charge in [-0.05, 0) is 56.9 Å². The monoisotopic (exact) mass is 561 g/mol. The summed E-state index contributed by atoms with van der Waals surface area (Å²) >= 11 is 0. The third kappa shape index (κ3) is 7.80. The second-order valence-electron chi connectivity index (χ2n) is 9.56. The largest absolute Gasteiger partial charge is 0.573 e. The molecule has 0 radical (unpaired) electrons. The average Bonchev–Trinajstić information content (AvgIpc) is 3.56. The second-order valence-corrected chi connectivity index (χ2v) is 9.56. The number of ether oxygens (including phenoxy) is 1. The lowest BCUT2D eigenvalue weighted by atomic mass is 9.91. The fraction of sp³-hybridized carbons (Fsp3) is 0.440. The first-order chi connectivity index (χ1) is 19.0. The maximum atomic E-state index is 12.6. The van der Waals surface area contributed by atoms with Gasteiger partial charge in [-0.15, -0.1) is 23.4 Å². The number of anilines is 1. The molecule has 0 saturated heterocycles. The van der Waals surface area contributed by atoms with Crippen molar-refractivity contribution in [1.82, 2.24) is 40.7 Å². The molecule has 3 heterocycles. The van der Waals surface area contributed by atoms with Crippen molar-refractivity contribution in [2.45, 2.75) is 57.5 Å². The lowest BCUT2D eigenvalue weighted by molar-refractivity contribution is -0.303. The summed E-state index contributed by atoms with van der Waals surface area (Å²) in [5.74, 6) is -0.547. The Hall–Kier alpha value is -4.43. The number of aryl methyl sites for hydroxylation is 2. The van der Waals surface area contributed by atoms with Crippen LogP contribution in [0.5, 0.6) is 0 Å². The van der Waals surface area contributed by atoms with E-state index in [4.69, 9.17) is 0 Å². The molecule has 2 aromatic heterocycles. The number of allylic oxidation sites excluding steroid dienone is 1. The minimum absolute atomic E-state index is 0.0331. The molecule has 1 atom stereocenters. The zero-order chi connectivity index (χ0) is 28.8. The van der Waals surface area contributed by atoms with E-state index in [1.54, 1.807) is 42.2 Å². The van der Waals surface area contributed by atoms with Gasteiger partial charge in [0, 0.05) is 25.5 Å². The molecule has 3 N–H and O–H groups in total. The van der Waals surface area contributed by atoms with Crippen LogP contribution in [0, 0.1) is 0 Å². The van der Waals surface area contributed by atoms with Gasteiger partial charge in [-0.1, -0.05) is 11.3 Å². The summed E-state index contributed by atoms with van der Waals surface area (Å²) in [5.41, 5.74) is 0.922. The number of amides is 2. The van der Waals surface area contributed by atoms with Gasteiger partial charge in [-0.25, -0.2) is 0 Å². The van der Waals surface area contributed by atoms with Crippen LogP contribution < -0.4 is 16.0 Å². The van der Waals surface area contributed by atoms with Crippen molar-refractivity contribution >= 4 is 17.6 Å². The molecular weight excluding hydrogens is 531 g/mol. The molecule has 2 aliphatic rings. The Morgan fingerprint density at radius 2 is 2.02 bits per heavy atom. The van der Waals surface area contributed by atoms with Crippen molar-refractivity contribution < 1.29 is 27.5 Å². The summed E-state index contributed by atoms with van der Waals surface area (Å²) in [5, 5.41) is 24.3. The number of hydrogen-bond donors (Lipinski definition) is 3. The smallest absolute Gasteiger partial charge is 0.406 e. The highest BCUT2D eigenvalue weighted by Crippen LogP contribution is 2.33. The van der Waals surface area contributed by atoms with E-state index < -0.39 is 11.9 Å². The quantitative estimate of drug-likeness (QED) is 0.353. The molecule has 214 valence electrons. The number of alkyl halides is 3. The lowest BCUT2D eigenvalue weighted by Gasteiger charge is -2.37. The minimum Gasteiger partial charge on any atom is -0.406 e. The van der Waals surface area contributed by atoms with E-state index in [0.717, 1.165) is 18.5 Å². The molecule has 1 aliphatic heterocycles. The molecule has 12 nitrogen and oxygen atoms in total. The standard InChI is InChI=1S/C25H30F3N9O3/c1-24(10-5-7-19(13-24)40-25(26,27)28)36-14-18(30-16-36)12-22(38)31-21-9-8-17(32-34-21)6-3-4-11-37-15-20(33-35-37)23(39)29-2/h5,7-9,13-15,30H,3-4,6,10-12,16H2,1-2H3,(H,29,39)(H,31,34,38). The number of aromatic nitrogens is 5. The molecule has 0 aromatic carbocycles. The van der Waals surface area contributed by atoms with Crippen LogP contribution in [-0.2, 0) is 22.5 Å². The number of hydrogen-bond acceptors (Lipinski definition) is 9. The molecule has 15 heteroatoms. The molecule has 4 rings (SSSR count). The maximum absolute atomic E-state index is 12.6. The normalized spacial score (nSPS) is 18.6. The van der Waals surface area contributed by atoms with E-state index in [0.29, 0.717) is 37.6 Å². The Labute approximate surface area is 228 Å². The van der Waals surface area contributed by atoms with Crippen molar-refractivity contribution in [1.29, 1.82) is 0 Å². The van der Waals surface area contributed by atoms with Crippen molar-refractivity contribution in [2.24, 2.45) is 0 Å². The third-order valence-corrected chi connectivity index (χ3v) is 6.35. The highest BCUT2D eigenvalue weighted by molar-refractivity contribution is 5.91. The van der Waals surface area contributed by atoms with Gasteiger partial charge >= 0.3 is 6.36 Å². The molecular formula is C25H30F3N9O3. The molecule has 40 heavy (non-hydrogen) atoms. The van der Waals surface area contributed by atoms with Crippen LogP contribution in [0.15, 0.2) is 54.2 Å². The van der Waals surface area contributed by atoms with E-state index in [9.17, 15) is 22.8 Å². The van der Waals surface area contributed by atoms with Crippen LogP contribution in [-0.4, -0.2) is 67.5 Å². The number of halogens is 3. The fourth-order valence-electron chi connectivity index (χ4n) is 4.27. The minimum atomic E-state index is -4.77. The topological polar surface area (TPSA) is 139 Å². The Balaban J connectivity index is 1.21. The van der Waals surface area contributed by atoms with E-state index in [2.05, 4.69) is 41.2 Å². The number of nitrogens with zero attached hydrogens (tertiary/aromatic N) is 6. The van der Waals surface area contributed by atoms with Gasteiger partial charge in [-0.2, -0.15) is 5.10 Å². The molecule has 1 unspecified atom stereocenters. The van der Waals surface area contributed by atoms with Crippen LogP contribution in [0.1, 0.15) is 48.8 Å². The first-order valence-corrected chi connectivity index (χ1v) is 12.6. The molecule has 0 spiro atoms. The van der Waals surface area contributed by atoms with E-state index >= 15 is 0 Å². The molecule has 2 amide bonds. The predicted molar refractivity (Wildman–Crippen MR) is 137 cm³/mol. The fourth-order valence-corrected chi connectivity index (χ4v) is 4.27. The SMILES string of the molecule is CNC(=O)c1cn(CCCCc2ccc(NC(=O)CC3=CN(C4(C)C=C(OC(F)(F)F)C=CC4)CN3)nn2)nn1.